The second kappa shape index (κ2) is 5.99. The molecule has 0 radical (unpaired) electrons. The third kappa shape index (κ3) is 2.96. The third-order valence-electron chi connectivity index (χ3n) is 3.02. The van der Waals surface area contributed by atoms with Crippen molar-refractivity contribution < 1.29 is 0 Å². The zero-order valence-corrected chi connectivity index (χ0v) is 11.3. The van der Waals surface area contributed by atoms with Crippen molar-refractivity contribution in [3.63, 3.8) is 0 Å². The normalized spacial score (nSPS) is 23.0. The lowest BCUT2D eigenvalue weighted by Crippen LogP contribution is -2.28. The van der Waals surface area contributed by atoms with Crippen LogP contribution in [-0.2, 0) is 6.42 Å². The summed E-state index contributed by atoms with van der Waals surface area (Å²) in [6.45, 7) is 2.18. The van der Waals surface area contributed by atoms with Gasteiger partial charge in [-0.1, -0.05) is 31.2 Å². The SMILES string of the molecule is CCc1ccc(C(N)C2CSCCS2)cc1. The molecule has 2 N–H and O–H groups in total. The molecule has 0 saturated carbocycles. The molecule has 1 saturated heterocycles. The molecule has 1 nitrogen and oxygen atoms in total. The number of hydrogen-bond acceptors (Lipinski definition) is 3. The molecular weight excluding hydrogens is 234 g/mol. The Labute approximate surface area is 107 Å². The van der Waals surface area contributed by atoms with Gasteiger partial charge in [-0.2, -0.15) is 23.5 Å². The lowest BCUT2D eigenvalue weighted by Gasteiger charge is -2.27. The summed E-state index contributed by atoms with van der Waals surface area (Å²) in [6.07, 6.45) is 1.10. The van der Waals surface area contributed by atoms with Crippen molar-refractivity contribution in [2.45, 2.75) is 24.6 Å². The molecule has 1 aromatic carbocycles. The van der Waals surface area contributed by atoms with E-state index in [2.05, 4.69) is 31.2 Å². The average Bonchev–Trinajstić information content (AvgIpc) is 2.39. The van der Waals surface area contributed by atoms with Gasteiger partial charge in [0.1, 0.15) is 0 Å². The zero-order chi connectivity index (χ0) is 11.4. The number of benzene rings is 1. The molecule has 2 rings (SSSR count). The fraction of sp³-hybridized carbons (Fsp3) is 0.538. The van der Waals surface area contributed by atoms with Crippen LogP contribution in [0, 0.1) is 0 Å². The van der Waals surface area contributed by atoms with Gasteiger partial charge >= 0.3 is 0 Å². The summed E-state index contributed by atoms with van der Waals surface area (Å²) in [4.78, 5) is 0. The number of hydrogen-bond donors (Lipinski definition) is 1. The molecule has 1 aliphatic heterocycles. The summed E-state index contributed by atoms with van der Waals surface area (Å²) in [5.41, 5.74) is 9.01. The van der Waals surface area contributed by atoms with Crippen LogP contribution < -0.4 is 5.73 Å². The third-order valence-corrected chi connectivity index (χ3v) is 5.90. The minimum absolute atomic E-state index is 0.198. The molecule has 3 heteroatoms. The maximum Gasteiger partial charge on any atom is 0.0423 e. The molecule has 1 aromatic rings. The van der Waals surface area contributed by atoms with Gasteiger partial charge in [0.2, 0.25) is 0 Å². The largest absolute Gasteiger partial charge is 0.323 e. The average molecular weight is 253 g/mol. The summed E-state index contributed by atoms with van der Waals surface area (Å²) in [7, 11) is 0. The van der Waals surface area contributed by atoms with Crippen LogP contribution in [-0.4, -0.2) is 22.5 Å². The van der Waals surface area contributed by atoms with Gasteiger partial charge in [-0.3, -0.25) is 0 Å². The molecule has 1 heterocycles. The molecular formula is C13H19NS2. The molecule has 1 aliphatic rings. The first-order valence-electron chi connectivity index (χ1n) is 5.85. The van der Waals surface area contributed by atoms with Crippen LogP contribution >= 0.6 is 23.5 Å². The molecule has 0 spiro atoms. The topological polar surface area (TPSA) is 26.0 Å². The number of nitrogens with two attached hydrogens (primary N) is 1. The highest BCUT2D eigenvalue weighted by Gasteiger charge is 2.22. The van der Waals surface area contributed by atoms with E-state index in [0.717, 1.165) is 6.42 Å². The van der Waals surface area contributed by atoms with Crippen LogP contribution in [0.15, 0.2) is 24.3 Å². The van der Waals surface area contributed by atoms with Gasteiger partial charge in [-0.25, -0.2) is 0 Å². The fourth-order valence-electron chi connectivity index (χ4n) is 1.90. The second-order valence-corrected chi connectivity index (χ2v) is 6.60. The Bertz CT molecular complexity index is 317. The van der Waals surface area contributed by atoms with E-state index >= 15 is 0 Å². The molecule has 88 valence electrons. The Balaban J connectivity index is 2.04. The molecule has 0 aliphatic carbocycles. The van der Waals surface area contributed by atoms with Crippen LogP contribution in [0.1, 0.15) is 24.1 Å². The monoisotopic (exact) mass is 253 g/mol. The van der Waals surface area contributed by atoms with Crippen LogP contribution in [0.25, 0.3) is 0 Å². The second-order valence-electron chi connectivity index (χ2n) is 4.11. The summed E-state index contributed by atoms with van der Waals surface area (Å²) in [6, 6.07) is 9.00. The first-order valence-corrected chi connectivity index (χ1v) is 8.05. The van der Waals surface area contributed by atoms with Gasteiger partial charge in [-0.15, -0.1) is 0 Å². The van der Waals surface area contributed by atoms with Crippen molar-refractivity contribution in [1.82, 2.24) is 0 Å². The first kappa shape index (κ1) is 12.3. The van der Waals surface area contributed by atoms with Crippen molar-refractivity contribution in [3.8, 4) is 0 Å². The van der Waals surface area contributed by atoms with Gasteiger partial charge in [-0.05, 0) is 17.5 Å². The quantitative estimate of drug-likeness (QED) is 0.896. The fourth-order valence-corrected chi connectivity index (χ4v) is 4.71. The molecule has 0 bridgehead atoms. The lowest BCUT2D eigenvalue weighted by molar-refractivity contribution is 0.719. The molecule has 0 aromatic heterocycles. The van der Waals surface area contributed by atoms with Crippen molar-refractivity contribution in [2.75, 3.05) is 17.3 Å². The van der Waals surface area contributed by atoms with Crippen LogP contribution in [0.3, 0.4) is 0 Å². The summed E-state index contributed by atoms with van der Waals surface area (Å²) in [5.74, 6) is 3.72. The predicted octanol–water partition coefficient (Wildman–Crippen LogP) is 3.10. The smallest absolute Gasteiger partial charge is 0.0423 e. The highest BCUT2D eigenvalue weighted by Crippen LogP contribution is 2.32. The summed E-state index contributed by atoms with van der Waals surface area (Å²) >= 11 is 4.06. The van der Waals surface area contributed by atoms with Crippen molar-refractivity contribution in [2.24, 2.45) is 5.73 Å². The van der Waals surface area contributed by atoms with E-state index in [0.29, 0.717) is 5.25 Å². The Kier molecular flexibility index (Phi) is 4.62. The zero-order valence-electron chi connectivity index (χ0n) is 9.69. The number of thioether (sulfide) groups is 2. The van der Waals surface area contributed by atoms with E-state index < -0.39 is 0 Å². The number of aryl methyl sites for hydroxylation is 1. The number of rotatable bonds is 3. The van der Waals surface area contributed by atoms with E-state index in [9.17, 15) is 0 Å². The van der Waals surface area contributed by atoms with E-state index in [1.807, 2.05) is 23.5 Å². The van der Waals surface area contributed by atoms with Crippen molar-refractivity contribution in [3.05, 3.63) is 35.4 Å². The molecule has 0 amide bonds. The minimum Gasteiger partial charge on any atom is -0.323 e. The van der Waals surface area contributed by atoms with E-state index in [-0.39, 0.29) is 6.04 Å². The van der Waals surface area contributed by atoms with Crippen LogP contribution in [0.5, 0.6) is 0 Å². The lowest BCUT2D eigenvalue weighted by atomic mass is 10.0. The highest BCUT2D eigenvalue weighted by molar-refractivity contribution is 8.06. The standard InChI is InChI=1S/C13H19NS2/c1-2-10-3-5-11(6-4-10)13(14)12-9-15-7-8-16-12/h3-6,12-13H,2,7-9,14H2,1H3. The van der Waals surface area contributed by atoms with Crippen LogP contribution in [0.4, 0.5) is 0 Å². The minimum atomic E-state index is 0.198. The Hall–Kier alpha value is -0.120. The van der Waals surface area contributed by atoms with E-state index in [1.165, 1.54) is 28.4 Å². The van der Waals surface area contributed by atoms with Gasteiger partial charge in [0.25, 0.3) is 0 Å². The first-order chi connectivity index (χ1) is 7.81. The molecule has 16 heavy (non-hydrogen) atoms. The summed E-state index contributed by atoms with van der Waals surface area (Å²) in [5, 5.41) is 0.589. The van der Waals surface area contributed by atoms with Crippen molar-refractivity contribution >= 4 is 23.5 Å². The van der Waals surface area contributed by atoms with E-state index in [4.69, 9.17) is 5.73 Å². The van der Waals surface area contributed by atoms with Gasteiger partial charge in [0, 0.05) is 28.6 Å². The Morgan fingerprint density at radius 2 is 2.06 bits per heavy atom. The maximum atomic E-state index is 6.33. The van der Waals surface area contributed by atoms with Gasteiger partial charge in [0.15, 0.2) is 0 Å². The van der Waals surface area contributed by atoms with Crippen LogP contribution in [0.2, 0.25) is 0 Å². The van der Waals surface area contributed by atoms with E-state index in [1.54, 1.807) is 0 Å². The highest BCUT2D eigenvalue weighted by atomic mass is 32.2. The van der Waals surface area contributed by atoms with Gasteiger partial charge in [0.05, 0.1) is 0 Å². The maximum absolute atomic E-state index is 6.33. The molecule has 2 unspecified atom stereocenters. The Morgan fingerprint density at radius 3 is 2.62 bits per heavy atom. The summed E-state index contributed by atoms with van der Waals surface area (Å²) < 4.78 is 0. The molecule has 2 atom stereocenters. The molecule has 1 fully saturated rings. The van der Waals surface area contributed by atoms with Crippen molar-refractivity contribution in [1.29, 1.82) is 0 Å². The Morgan fingerprint density at radius 1 is 1.31 bits per heavy atom. The predicted molar refractivity (Wildman–Crippen MR) is 76.3 cm³/mol. The van der Waals surface area contributed by atoms with Gasteiger partial charge < -0.3 is 5.73 Å².